The van der Waals surface area contributed by atoms with E-state index in [9.17, 15) is 10.0 Å². The van der Waals surface area contributed by atoms with Crippen LogP contribution < -0.4 is 4.73 Å². The van der Waals surface area contributed by atoms with Crippen LogP contribution in [0.1, 0.15) is 32.6 Å². The normalized spacial score (nSPS) is 9.74. The van der Waals surface area contributed by atoms with E-state index in [1.54, 1.807) is 6.20 Å². The molecule has 2 aromatic rings. The quantitative estimate of drug-likeness (QED) is 0.522. The molecule has 0 aliphatic rings. The number of benzene rings is 1. The number of pyridine rings is 1. The van der Waals surface area contributed by atoms with Crippen molar-refractivity contribution in [3.63, 3.8) is 0 Å². The zero-order valence-electron chi connectivity index (χ0n) is 11.1. The summed E-state index contributed by atoms with van der Waals surface area (Å²) in [5.74, 6) is -0.682. The van der Waals surface area contributed by atoms with Crippen molar-refractivity contribution in [3.05, 3.63) is 47.9 Å². The fraction of sp³-hybridized carbons (Fsp3) is 0.333. The zero-order valence-corrected chi connectivity index (χ0v) is 11.1. The third kappa shape index (κ3) is 5.86. The summed E-state index contributed by atoms with van der Waals surface area (Å²) in [5.41, 5.74) is 0. The Balaban J connectivity index is 0.000000203. The third-order valence-electron chi connectivity index (χ3n) is 2.66. The molecule has 1 N–H and O–H groups in total. The predicted molar refractivity (Wildman–Crippen MR) is 74.7 cm³/mol. The molecule has 0 bridgehead atoms. The lowest BCUT2D eigenvalue weighted by molar-refractivity contribution is -0.603. The first-order chi connectivity index (χ1) is 9.13. The van der Waals surface area contributed by atoms with Crippen molar-refractivity contribution in [3.8, 4) is 0 Å². The number of fused-ring (bicyclic) bond motifs is 1. The molecule has 4 nitrogen and oxygen atoms in total. The van der Waals surface area contributed by atoms with Crippen LogP contribution in [0.5, 0.6) is 0 Å². The van der Waals surface area contributed by atoms with Crippen molar-refractivity contribution >= 4 is 16.7 Å². The van der Waals surface area contributed by atoms with Gasteiger partial charge in [-0.25, -0.2) is 0 Å². The fourth-order valence-electron chi connectivity index (χ4n) is 1.64. The highest BCUT2D eigenvalue weighted by Crippen LogP contribution is 2.08. The van der Waals surface area contributed by atoms with E-state index in [4.69, 9.17) is 5.11 Å². The number of rotatable bonds is 4. The van der Waals surface area contributed by atoms with Gasteiger partial charge in [-0.3, -0.25) is 4.79 Å². The van der Waals surface area contributed by atoms with E-state index >= 15 is 0 Å². The van der Waals surface area contributed by atoms with Gasteiger partial charge in [0.25, 0.3) is 0 Å². The van der Waals surface area contributed by atoms with E-state index in [-0.39, 0.29) is 0 Å². The molecular weight excluding hydrogens is 242 g/mol. The number of aliphatic carboxylic acids is 1. The number of carbonyl (C=O) groups is 1. The topological polar surface area (TPSA) is 64.2 Å². The summed E-state index contributed by atoms with van der Waals surface area (Å²) in [6, 6.07) is 9.58. The molecule has 0 spiro atoms. The standard InChI is InChI=1S/C9H7NO.C6H12O2/c11-10-6-5-8-3-1-2-4-9(8)7-10;1-2-3-4-5-6(7)8/h1-7H;2-5H2,1H3,(H,7,8). The molecule has 102 valence electrons. The van der Waals surface area contributed by atoms with Crippen LogP contribution in [-0.4, -0.2) is 11.1 Å². The van der Waals surface area contributed by atoms with Gasteiger partial charge in [0.15, 0.2) is 12.4 Å². The van der Waals surface area contributed by atoms with E-state index in [0.29, 0.717) is 6.42 Å². The van der Waals surface area contributed by atoms with Gasteiger partial charge in [-0.15, -0.1) is 0 Å². The first kappa shape index (κ1) is 15.0. The van der Waals surface area contributed by atoms with Crippen molar-refractivity contribution in [1.82, 2.24) is 0 Å². The minimum atomic E-state index is -0.682. The Morgan fingerprint density at radius 2 is 1.89 bits per heavy atom. The molecule has 2 rings (SSSR count). The van der Waals surface area contributed by atoms with E-state index in [1.807, 2.05) is 30.3 Å². The van der Waals surface area contributed by atoms with Gasteiger partial charge in [-0.1, -0.05) is 38.0 Å². The van der Waals surface area contributed by atoms with Gasteiger partial charge in [-0.2, -0.15) is 4.73 Å². The monoisotopic (exact) mass is 261 g/mol. The molecule has 0 fully saturated rings. The Morgan fingerprint density at radius 1 is 1.21 bits per heavy atom. The second kappa shape index (κ2) is 8.08. The highest BCUT2D eigenvalue weighted by atomic mass is 16.5. The molecule has 0 aliphatic heterocycles. The molecule has 0 saturated heterocycles. The van der Waals surface area contributed by atoms with E-state index in [1.165, 1.54) is 6.20 Å². The van der Waals surface area contributed by atoms with Crippen molar-refractivity contribution in [2.45, 2.75) is 32.6 Å². The van der Waals surface area contributed by atoms with Crippen LogP contribution in [-0.2, 0) is 4.79 Å². The molecule has 0 unspecified atom stereocenters. The molecule has 0 radical (unpaired) electrons. The number of hydrogen-bond acceptors (Lipinski definition) is 2. The molecule has 0 atom stereocenters. The molecule has 4 heteroatoms. The average molecular weight is 261 g/mol. The Labute approximate surface area is 112 Å². The molecular formula is C15H19NO3. The highest BCUT2D eigenvalue weighted by Gasteiger charge is 1.94. The largest absolute Gasteiger partial charge is 0.619 e. The van der Waals surface area contributed by atoms with Gasteiger partial charge in [-0.05, 0) is 17.9 Å². The summed E-state index contributed by atoms with van der Waals surface area (Å²) in [5, 5.41) is 21.0. The molecule has 19 heavy (non-hydrogen) atoms. The molecule has 0 saturated carbocycles. The van der Waals surface area contributed by atoms with Gasteiger partial charge in [0.2, 0.25) is 0 Å². The van der Waals surface area contributed by atoms with Crippen molar-refractivity contribution < 1.29 is 14.6 Å². The van der Waals surface area contributed by atoms with Crippen LogP contribution in [0.3, 0.4) is 0 Å². The van der Waals surface area contributed by atoms with E-state index in [0.717, 1.165) is 34.8 Å². The number of nitrogens with zero attached hydrogens (tertiary/aromatic N) is 1. The Bertz CT molecular complexity index is 526. The highest BCUT2D eigenvalue weighted by molar-refractivity contribution is 5.80. The van der Waals surface area contributed by atoms with Gasteiger partial charge < -0.3 is 10.3 Å². The zero-order chi connectivity index (χ0) is 14.1. The fourth-order valence-corrected chi connectivity index (χ4v) is 1.64. The lowest BCUT2D eigenvalue weighted by atomic mass is 10.2. The predicted octanol–water partition coefficient (Wildman–Crippen LogP) is 3.12. The maximum atomic E-state index is 10.8. The molecule has 1 aromatic carbocycles. The molecule has 0 amide bonds. The number of unbranched alkanes of at least 4 members (excludes halogenated alkanes) is 2. The number of carboxylic acid groups (broad SMARTS) is 1. The van der Waals surface area contributed by atoms with Gasteiger partial charge >= 0.3 is 5.97 Å². The minimum absolute atomic E-state index is 0.327. The number of carboxylic acids is 1. The van der Waals surface area contributed by atoms with Gasteiger partial charge in [0.1, 0.15) is 0 Å². The summed E-state index contributed by atoms with van der Waals surface area (Å²) in [6.07, 6.45) is 6.34. The third-order valence-corrected chi connectivity index (χ3v) is 2.66. The summed E-state index contributed by atoms with van der Waals surface area (Å²) in [4.78, 5) is 9.87. The molecule has 1 heterocycles. The Hall–Kier alpha value is -2.10. The van der Waals surface area contributed by atoms with Crippen LogP contribution in [0.25, 0.3) is 10.8 Å². The summed E-state index contributed by atoms with van der Waals surface area (Å²) < 4.78 is 0.808. The summed E-state index contributed by atoms with van der Waals surface area (Å²) in [6.45, 7) is 2.06. The van der Waals surface area contributed by atoms with Gasteiger partial charge in [0.05, 0.1) is 0 Å². The first-order valence-electron chi connectivity index (χ1n) is 6.43. The lowest BCUT2D eigenvalue weighted by Crippen LogP contribution is -2.23. The number of aromatic nitrogens is 1. The SMILES string of the molecule is CCCCCC(=O)O.[O-][n+]1ccc2ccccc2c1. The van der Waals surface area contributed by atoms with Crippen molar-refractivity contribution in [2.75, 3.05) is 0 Å². The smallest absolute Gasteiger partial charge is 0.303 e. The first-order valence-corrected chi connectivity index (χ1v) is 6.43. The van der Waals surface area contributed by atoms with Crippen LogP contribution in [0.2, 0.25) is 0 Å². The van der Waals surface area contributed by atoms with E-state index in [2.05, 4.69) is 6.92 Å². The second-order valence-electron chi connectivity index (χ2n) is 4.28. The van der Waals surface area contributed by atoms with Crippen LogP contribution in [0.15, 0.2) is 42.7 Å². The summed E-state index contributed by atoms with van der Waals surface area (Å²) >= 11 is 0. The van der Waals surface area contributed by atoms with Crippen LogP contribution in [0, 0.1) is 5.21 Å². The average Bonchev–Trinajstić information content (AvgIpc) is 2.39. The molecule has 0 aliphatic carbocycles. The Morgan fingerprint density at radius 3 is 2.53 bits per heavy atom. The maximum Gasteiger partial charge on any atom is 0.303 e. The Kier molecular flexibility index (Phi) is 6.36. The summed E-state index contributed by atoms with van der Waals surface area (Å²) in [7, 11) is 0. The van der Waals surface area contributed by atoms with Crippen LogP contribution in [0.4, 0.5) is 0 Å². The minimum Gasteiger partial charge on any atom is -0.619 e. The van der Waals surface area contributed by atoms with Crippen molar-refractivity contribution in [2.24, 2.45) is 0 Å². The van der Waals surface area contributed by atoms with Crippen molar-refractivity contribution in [1.29, 1.82) is 0 Å². The molecule has 1 aromatic heterocycles. The lowest BCUT2D eigenvalue weighted by Gasteiger charge is -1.96. The number of hydrogen-bond donors (Lipinski definition) is 1. The second-order valence-corrected chi connectivity index (χ2v) is 4.28. The van der Waals surface area contributed by atoms with Crippen LogP contribution >= 0.6 is 0 Å². The van der Waals surface area contributed by atoms with Gasteiger partial charge in [0, 0.05) is 17.9 Å². The van der Waals surface area contributed by atoms with E-state index < -0.39 is 5.97 Å². The maximum absolute atomic E-state index is 10.8.